The Bertz CT molecular complexity index is 1390. The molecule has 0 aliphatic carbocycles. The molecule has 1 fully saturated rings. The smallest absolute Gasteiger partial charge is 0.326 e. The molecule has 0 spiro atoms. The molecule has 1 amide bonds. The number of likely N-dealkylation sites (tertiary alicyclic amines) is 1. The molecular weight excluding hydrogens is 414 g/mol. The van der Waals surface area contributed by atoms with Crippen LogP contribution in [0.25, 0.3) is 22.8 Å². The number of benzene rings is 2. The summed E-state index contributed by atoms with van der Waals surface area (Å²) in [6.07, 6.45) is 5.02. The number of amides is 1. The predicted molar refractivity (Wildman–Crippen MR) is 129 cm³/mol. The number of hydrogen-bond acceptors (Lipinski definition) is 3. The van der Waals surface area contributed by atoms with E-state index in [1.807, 2.05) is 88.7 Å². The van der Waals surface area contributed by atoms with Crippen LogP contribution in [0.3, 0.4) is 0 Å². The summed E-state index contributed by atoms with van der Waals surface area (Å²) in [6.45, 7) is 5.23. The molecule has 3 heterocycles. The molecule has 0 bridgehead atoms. The lowest BCUT2D eigenvalue weighted by Gasteiger charge is -2.32. The highest BCUT2D eigenvalue weighted by molar-refractivity contribution is 5.92. The largest absolute Gasteiger partial charge is 0.339 e. The number of imidazole rings is 1. The van der Waals surface area contributed by atoms with E-state index in [4.69, 9.17) is 0 Å². The van der Waals surface area contributed by atoms with E-state index < -0.39 is 0 Å². The fourth-order valence-electron chi connectivity index (χ4n) is 4.76. The van der Waals surface area contributed by atoms with E-state index >= 15 is 0 Å². The Kier molecular flexibility index (Phi) is 5.46. The summed E-state index contributed by atoms with van der Waals surface area (Å²) in [7, 11) is 0. The van der Waals surface area contributed by atoms with Gasteiger partial charge in [-0.05, 0) is 57.0 Å². The van der Waals surface area contributed by atoms with Crippen LogP contribution in [0.2, 0.25) is 0 Å². The number of piperidine rings is 1. The number of nitrogens with zero attached hydrogens (tertiary/aromatic N) is 4. The second-order valence-corrected chi connectivity index (χ2v) is 8.54. The Morgan fingerprint density at radius 1 is 1.03 bits per heavy atom. The minimum atomic E-state index is -0.0812. The van der Waals surface area contributed by atoms with Crippen molar-refractivity contribution in [3.05, 3.63) is 88.1 Å². The number of aromatic nitrogens is 4. The lowest BCUT2D eigenvalue weighted by Crippen LogP contribution is -2.39. The zero-order valence-corrected chi connectivity index (χ0v) is 18.9. The first kappa shape index (κ1) is 21.0. The molecule has 2 aromatic heterocycles. The molecule has 168 valence electrons. The molecule has 7 nitrogen and oxygen atoms in total. The van der Waals surface area contributed by atoms with Crippen LogP contribution in [0, 0.1) is 13.8 Å². The summed E-state index contributed by atoms with van der Waals surface area (Å²) < 4.78 is 3.75. The molecule has 0 saturated carbocycles. The fraction of sp³-hybridized carbons (Fsp3) is 0.269. The Hall–Kier alpha value is -3.87. The third kappa shape index (κ3) is 3.91. The number of carbonyl (C=O) groups excluding carboxylic acids is 1. The molecule has 5 rings (SSSR count). The average Bonchev–Trinajstić information content (AvgIpc) is 3.33. The topological polar surface area (TPSA) is 75.9 Å². The van der Waals surface area contributed by atoms with Gasteiger partial charge in [0.1, 0.15) is 0 Å². The minimum absolute atomic E-state index is 0.00835. The molecule has 33 heavy (non-hydrogen) atoms. The van der Waals surface area contributed by atoms with Crippen molar-refractivity contribution in [3.63, 3.8) is 0 Å². The van der Waals surface area contributed by atoms with Gasteiger partial charge >= 0.3 is 5.69 Å². The van der Waals surface area contributed by atoms with Crippen LogP contribution >= 0.6 is 0 Å². The number of para-hydroxylation sites is 3. The van der Waals surface area contributed by atoms with Crippen LogP contribution in [0.15, 0.2) is 65.5 Å². The van der Waals surface area contributed by atoms with Crippen molar-refractivity contribution in [3.8, 4) is 5.69 Å². The summed E-state index contributed by atoms with van der Waals surface area (Å²) in [5.74, 6) is -0.00835. The first-order valence-corrected chi connectivity index (χ1v) is 11.3. The number of carbonyl (C=O) groups is 1. The first-order valence-electron chi connectivity index (χ1n) is 11.3. The van der Waals surface area contributed by atoms with Gasteiger partial charge in [-0.3, -0.25) is 9.36 Å². The van der Waals surface area contributed by atoms with Crippen molar-refractivity contribution in [1.82, 2.24) is 24.2 Å². The van der Waals surface area contributed by atoms with Gasteiger partial charge in [0.25, 0.3) is 0 Å². The number of aryl methyl sites for hydroxylation is 1. The highest BCUT2D eigenvalue weighted by atomic mass is 16.2. The number of nitrogens with one attached hydrogen (secondary N) is 1. The van der Waals surface area contributed by atoms with Gasteiger partial charge in [0.15, 0.2) is 0 Å². The third-order valence-electron chi connectivity index (χ3n) is 6.51. The highest BCUT2D eigenvalue weighted by Gasteiger charge is 2.25. The van der Waals surface area contributed by atoms with E-state index in [1.165, 1.54) is 0 Å². The molecule has 0 unspecified atom stereocenters. The van der Waals surface area contributed by atoms with Crippen LogP contribution < -0.4 is 5.69 Å². The predicted octanol–water partition coefficient (Wildman–Crippen LogP) is 4.01. The van der Waals surface area contributed by atoms with Crippen LogP contribution in [0.1, 0.15) is 35.8 Å². The van der Waals surface area contributed by atoms with Crippen LogP contribution in [0.5, 0.6) is 0 Å². The number of fused-ring (bicyclic) bond motifs is 1. The van der Waals surface area contributed by atoms with Crippen molar-refractivity contribution in [2.45, 2.75) is 32.7 Å². The molecule has 4 aromatic rings. The van der Waals surface area contributed by atoms with Gasteiger partial charge in [-0.15, -0.1) is 0 Å². The second kappa shape index (κ2) is 8.58. The Balaban J connectivity index is 1.28. The Labute approximate surface area is 192 Å². The zero-order valence-electron chi connectivity index (χ0n) is 18.9. The quantitative estimate of drug-likeness (QED) is 0.486. The standard InChI is InChI=1S/C26H27N5O2/c1-18-22(19(2)31(28-18)21-8-4-3-5-9-21)12-13-25(32)29-16-14-20(15-17-29)30-24-11-7-6-10-23(24)27-26(30)33/h3-13,20H,14-17H2,1-2H3,(H,27,33)/b13-12+. The van der Waals surface area contributed by atoms with Crippen LogP contribution in [-0.4, -0.2) is 43.2 Å². The normalized spacial score (nSPS) is 15.0. The molecular formula is C26H27N5O2. The summed E-state index contributed by atoms with van der Waals surface area (Å²) in [6, 6.07) is 17.8. The molecule has 0 atom stereocenters. The summed E-state index contributed by atoms with van der Waals surface area (Å²) in [5, 5.41) is 4.65. The van der Waals surface area contributed by atoms with E-state index in [-0.39, 0.29) is 17.6 Å². The van der Waals surface area contributed by atoms with Crippen LogP contribution in [0.4, 0.5) is 0 Å². The first-order chi connectivity index (χ1) is 16.0. The van der Waals surface area contributed by atoms with E-state index in [2.05, 4.69) is 10.1 Å². The van der Waals surface area contributed by atoms with Gasteiger partial charge in [0.2, 0.25) is 5.91 Å². The van der Waals surface area contributed by atoms with Crippen molar-refractivity contribution in [2.24, 2.45) is 0 Å². The zero-order chi connectivity index (χ0) is 22.9. The maximum atomic E-state index is 12.9. The minimum Gasteiger partial charge on any atom is -0.339 e. The number of hydrogen-bond donors (Lipinski definition) is 1. The molecule has 1 N–H and O–H groups in total. The van der Waals surface area contributed by atoms with E-state index in [0.29, 0.717) is 13.1 Å². The summed E-state index contributed by atoms with van der Waals surface area (Å²) in [4.78, 5) is 30.2. The molecule has 1 aliphatic heterocycles. The molecule has 7 heteroatoms. The lowest BCUT2D eigenvalue weighted by molar-refractivity contribution is -0.127. The molecule has 1 aliphatic rings. The average molecular weight is 442 g/mol. The van der Waals surface area contributed by atoms with Crippen molar-refractivity contribution >= 4 is 23.0 Å². The van der Waals surface area contributed by atoms with Crippen molar-refractivity contribution < 1.29 is 4.79 Å². The van der Waals surface area contributed by atoms with Gasteiger partial charge in [-0.1, -0.05) is 30.3 Å². The van der Waals surface area contributed by atoms with Gasteiger partial charge < -0.3 is 9.88 Å². The highest BCUT2D eigenvalue weighted by Crippen LogP contribution is 2.25. The number of H-pyrrole nitrogens is 1. The summed E-state index contributed by atoms with van der Waals surface area (Å²) >= 11 is 0. The number of aromatic amines is 1. The van der Waals surface area contributed by atoms with Crippen molar-refractivity contribution in [1.29, 1.82) is 0 Å². The van der Waals surface area contributed by atoms with Gasteiger partial charge in [0, 0.05) is 36.5 Å². The monoisotopic (exact) mass is 441 g/mol. The van der Waals surface area contributed by atoms with Gasteiger partial charge in [0.05, 0.1) is 22.4 Å². The number of rotatable bonds is 4. The lowest BCUT2D eigenvalue weighted by atomic mass is 10.0. The Morgan fingerprint density at radius 3 is 2.48 bits per heavy atom. The Morgan fingerprint density at radius 2 is 1.73 bits per heavy atom. The molecule has 0 radical (unpaired) electrons. The van der Waals surface area contributed by atoms with Crippen molar-refractivity contribution in [2.75, 3.05) is 13.1 Å². The maximum Gasteiger partial charge on any atom is 0.326 e. The SMILES string of the molecule is Cc1nn(-c2ccccc2)c(C)c1/C=C/C(=O)N1CCC(n2c(=O)[nH]c3ccccc32)CC1. The molecule has 2 aromatic carbocycles. The van der Waals surface area contributed by atoms with Gasteiger partial charge in [-0.25, -0.2) is 9.48 Å². The molecule has 1 saturated heterocycles. The van der Waals surface area contributed by atoms with E-state index in [9.17, 15) is 9.59 Å². The summed E-state index contributed by atoms with van der Waals surface area (Å²) in [5.41, 5.74) is 5.55. The third-order valence-corrected chi connectivity index (χ3v) is 6.51. The fourth-order valence-corrected chi connectivity index (χ4v) is 4.76. The second-order valence-electron chi connectivity index (χ2n) is 8.54. The maximum absolute atomic E-state index is 12.9. The van der Waals surface area contributed by atoms with Crippen LogP contribution in [-0.2, 0) is 4.79 Å². The van der Waals surface area contributed by atoms with E-state index in [0.717, 1.165) is 46.5 Å². The van der Waals surface area contributed by atoms with Gasteiger partial charge in [-0.2, -0.15) is 5.10 Å². The van der Waals surface area contributed by atoms with E-state index in [1.54, 1.807) is 6.08 Å².